The third-order valence-electron chi connectivity index (χ3n) is 11.8. The fourth-order valence-electron chi connectivity index (χ4n) is 7.86. The van der Waals surface area contributed by atoms with E-state index in [1.54, 1.807) is 0 Å². The van der Waals surface area contributed by atoms with Crippen LogP contribution in [0.5, 0.6) is 0 Å². The van der Waals surface area contributed by atoms with Crippen molar-refractivity contribution in [2.75, 3.05) is 13.2 Å². The smallest absolute Gasteiger partial charge is 0.306 e. The third kappa shape index (κ3) is 45.5. The molecule has 0 unspecified atom stereocenters. The van der Waals surface area contributed by atoms with Gasteiger partial charge in [-0.05, 0) is 25.2 Å². The molecule has 0 amide bonds. The van der Waals surface area contributed by atoms with Gasteiger partial charge in [0, 0.05) is 19.3 Å². The van der Waals surface area contributed by atoms with Gasteiger partial charge in [-0.15, -0.1) is 0 Å². The summed E-state index contributed by atoms with van der Waals surface area (Å²) in [5.74, 6) is -0.0537. The number of carbonyl (C=O) groups is 3. The average Bonchev–Trinajstić information content (AvgIpc) is 3.21. The van der Waals surface area contributed by atoms with Gasteiger partial charge in [-0.25, -0.2) is 0 Å². The summed E-state index contributed by atoms with van der Waals surface area (Å²) in [7, 11) is 0. The highest BCUT2D eigenvalue weighted by atomic mass is 16.6. The average molecular weight is 821 g/mol. The zero-order valence-corrected chi connectivity index (χ0v) is 39.5. The third-order valence-corrected chi connectivity index (χ3v) is 11.8. The van der Waals surface area contributed by atoms with Gasteiger partial charge in [-0.1, -0.05) is 252 Å². The van der Waals surface area contributed by atoms with Crippen LogP contribution in [0.4, 0.5) is 0 Å². The SMILES string of the molecule is CCCCCCCCCCCCCCCCCCCC(=O)OC[C@H](COC(=O)CCCCCCCCCCCCCC)OC(=O)CCCCCCCCCCC(C)C. The molecule has 0 saturated heterocycles. The first-order valence-corrected chi connectivity index (χ1v) is 25.9. The van der Waals surface area contributed by atoms with Crippen LogP contribution in [0.3, 0.4) is 0 Å². The van der Waals surface area contributed by atoms with Gasteiger partial charge in [-0.2, -0.15) is 0 Å². The molecule has 0 spiro atoms. The first-order chi connectivity index (χ1) is 28.4. The van der Waals surface area contributed by atoms with Crippen molar-refractivity contribution < 1.29 is 28.6 Å². The Morgan fingerprint density at radius 1 is 0.328 bits per heavy atom. The highest BCUT2D eigenvalue weighted by Crippen LogP contribution is 2.17. The Morgan fingerprint density at radius 3 is 0.845 bits per heavy atom. The molecule has 0 saturated carbocycles. The second-order valence-corrected chi connectivity index (χ2v) is 18.3. The lowest BCUT2D eigenvalue weighted by atomic mass is 10.0. The van der Waals surface area contributed by atoms with E-state index in [-0.39, 0.29) is 31.1 Å². The number of rotatable bonds is 47. The first kappa shape index (κ1) is 56.4. The molecule has 0 fully saturated rings. The van der Waals surface area contributed by atoms with Crippen LogP contribution in [0.25, 0.3) is 0 Å². The lowest BCUT2D eigenvalue weighted by molar-refractivity contribution is -0.167. The van der Waals surface area contributed by atoms with Crippen molar-refractivity contribution in [2.45, 2.75) is 297 Å². The molecule has 6 heteroatoms. The minimum Gasteiger partial charge on any atom is -0.462 e. The van der Waals surface area contributed by atoms with Gasteiger partial charge in [-0.3, -0.25) is 14.4 Å². The van der Waals surface area contributed by atoms with Crippen LogP contribution >= 0.6 is 0 Å². The molecule has 0 aromatic heterocycles. The lowest BCUT2D eigenvalue weighted by Gasteiger charge is -2.18. The number of hydrogen-bond donors (Lipinski definition) is 0. The van der Waals surface area contributed by atoms with Crippen LogP contribution < -0.4 is 0 Å². The molecular formula is C52H100O6. The van der Waals surface area contributed by atoms with Crippen LogP contribution in [0, 0.1) is 5.92 Å². The Balaban J connectivity index is 4.26. The van der Waals surface area contributed by atoms with Gasteiger partial charge in [0.2, 0.25) is 0 Å². The van der Waals surface area contributed by atoms with Crippen LogP contribution in [0.2, 0.25) is 0 Å². The molecule has 0 aromatic rings. The monoisotopic (exact) mass is 821 g/mol. The fourth-order valence-corrected chi connectivity index (χ4v) is 7.86. The summed E-state index contributed by atoms with van der Waals surface area (Å²) in [5, 5.41) is 0. The van der Waals surface area contributed by atoms with Crippen molar-refractivity contribution >= 4 is 17.9 Å². The van der Waals surface area contributed by atoms with Crippen LogP contribution in [0.1, 0.15) is 291 Å². The Labute approximate surface area is 361 Å². The van der Waals surface area contributed by atoms with Gasteiger partial charge in [0.25, 0.3) is 0 Å². The summed E-state index contributed by atoms with van der Waals surface area (Å²) in [6.45, 7) is 8.99. The predicted molar refractivity (Wildman–Crippen MR) is 247 cm³/mol. The summed E-state index contributed by atoms with van der Waals surface area (Å²) in [6, 6.07) is 0. The molecule has 0 bridgehead atoms. The number of carbonyl (C=O) groups excluding carboxylic acids is 3. The Hall–Kier alpha value is -1.59. The van der Waals surface area contributed by atoms with Crippen LogP contribution in [-0.4, -0.2) is 37.2 Å². The zero-order valence-electron chi connectivity index (χ0n) is 39.5. The van der Waals surface area contributed by atoms with Crippen molar-refractivity contribution in [1.29, 1.82) is 0 Å². The largest absolute Gasteiger partial charge is 0.462 e. The lowest BCUT2D eigenvalue weighted by Crippen LogP contribution is -2.30. The van der Waals surface area contributed by atoms with Gasteiger partial charge < -0.3 is 14.2 Å². The van der Waals surface area contributed by atoms with Crippen molar-refractivity contribution in [3.63, 3.8) is 0 Å². The molecule has 0 N–H and O–H groups in total. The number of ether oxygens (including phenoxy) is 3. The molecule has 0 aliphatic carbocycles. The van der Waals surface area contributed by atoms with E-state index in [0.717, 1.165) is 63.7 Å². The van der Waals surface area contributed by atoms with E-state index < -0.39 is 6.10 Å². The Morgan fingerprint density at radius 2 is 0.569 bits per heavy atom. The summed E-state index contributed by atoms with van der Waals surface area (Å²) < 4.78 is 16.8. The number of hydrogen-bond acceptors (Lipinski definition) is 6. The van der Waals surface area contributed by atoms with Crippen molar-refractivity contribution in [1.82, 2.24) is 0 Å². The highest BCUT2D eigenvalue weighted by Gasteiger charge is 2.19. The molecular weight excluding hydrogens is 721 g/mol. The standard InChI is InChI=1S/C52H100O6/c1-5-7-9-11-13-15-17-19-20-21-22-23-25-27-32-36-40-44-51(54)57-47-49(58-52(55)45-41-37-33-29-28-30-34-38-42-48(3)4)46-56-50(53)43-39-35-31-26-24-18-16-14-12-10-8-6-2/h48-49H,5-47H2,1-4H3/t49-/m0/s1. The number of esters is 3. The summed E-state index contributed by atoms with van der Waals surface area (Å²) in [5.41, 5.74) is 0. The van der Waals surface area contributed by atoms with Crippen molar-refractivity contribution in [3.05, 3.63) is 0 Å². The molecule has 0 heterocycles. The summed E-state index contributed by atoms with van der Waals surface area (Å²) in [4.78, 5) is 37.9. The van der Waals surface area contributed by atoms with E-state index >= 15 is 0 Å². The van der Waals surface area contributed by atoms with Gasteiger partial charge in [0.1, 0.15) is 13.2 Å². The van der Waals surface area contributed by atoms with Crippen LogP contribution in [0.15, 0.2) is 0 Å². The fraction of sp³-hybridized carbons (Fsp3) is 0.942. The zero-order chi connectivity index (χ0) is 42.4. The van der Waals surface area contributed by atoms with E-state index in [0.29, 0.717) is 19.3 Å². The molecule has 0 aliphatic heterocycles. The second kappa shape index (κ2) is 46.5. The van der Waals surface area contributed by atoms with E-state index in [1.807, 2.05) is 0 Å². The molecule has 58 heavy (non-hydrogen) atoms. The predicted octanol–water partition coefficient (Wildman–Crippen LogP) is 16.7. The molecule has 0 aromatic carbocycles. The van der Waals surface area contributed by atoms with Gasteiger partial charge in [0.05, 0.1) is 0 Å². The maximum Gasteiger partial charge on any atom is 0.306 e. The van der Waals surface area contributed by atoms with Gasteiger partial charge >= 0.3 is 17.9 Å². The molecule has 6 nitrogen and oxygen atoms in total. The normalized spacial score (nSPS) is 11.9. The quantitative estimate of drug-likeness (QED) is 0.0346. The molecule has 344 valence electrons. The van der Waals surface area contributed by atoms with Crippen molar-refractivity contribution in [3.8, 4) is 0 Å². The Kier molecular flexibility index (Phi) is 45.2. The van der Waals surface area contributed by atoms with Gasteiger partial charge in [0.15, 0.2) is 6.10 Å². The summed E-state index contributed by atoms with van der Waals surface area (Å²) in [6.07, 6.45) is 48.1. The molecule has 0 aliphatic rings. The first-order valence-electron chi connectivity index (χ1n) is 25.9. The maximum absolute atomic E-state index is 12.7. The van der Waals surface area contributed by atoms with Crippen molar-refractivity contribution in [2.24, 2.45) is 5.92 Å². The van der Waals surface area contributed by atoms with E-state index in [2.05, 4.69) is 27.7 Å². The summed E-state index contributed by atoms with van der Waals surface area (Å²) >= 11 is 0. The molecule has 0 radical (unpaired) electrons. The second-order valence-electron chi connectivity index (χ2n) is 18.3. The topological polar surface area (TPSA) is 78.9 Å². The molecule has 1 atom stereocenters. The number of unbranched alkanes of at least 4 members (excludes halogenated alkanes) is 34. The minimum atomic E-state index is -0.760. The van der Waals surface area contributed by atoms with E-state index in [4.69, 9.17) is 14.2 Å². The minimum absolute atomic E-state index is 0.0633. The maximum atomic E-state index is 12.7. The molecule has 0 rings (SSSR count). The highest BCUT2D eigenvalue weighted by molar-refractivity contribution is 5.71. The van der Waals surface area contributed by atoms with E-state index in [9.17, 15) is 14.4 Å². The van der Waals surface area contributed by atoms with E-state index in [1.165, 1.54) is 186 Å². The Bertz CT molecular complexity index is 872. The van der Waals surface area contributed by atoms with Crippen LogP contribution in [-0.2, 0) is 28.6 Å².